The zero-order valence-electron chi connectivity index (χ0n) is 12.6. The average Bonchev–Trinajstić information content (AvgIpc) is 3.00. The second-order valence-corrected chi connectivity index (χ2v) is 7.47. The molecule has 3 nitrogen and oxygen atoms in total. The fourth-order valence-electron chi connectivity index (χ4n) is 2.90. The molecule has 4 heteroatoms. The molecule has 0 aliphatic rings. The van der Waals surface area contributed by atoms with Gasteiger partial charge in [0.25, 0.3) is 10.0 Å². The van der Waals surface area contributed by atoms with E-state index >= 15 is 0 Å². The van der Waals surface area contributed by atoms with Gasteiger partial charge < -0.3 is 0 Å². The largest absolute Gasteiger partial charge is 0.268 e. The van der Waals surface area contributed by atoms with Crippen molar-refractivity contribution in [3.63, 3.8) is 0 Å². The van der Waals surface area contributed by atoms with Crippen molar-refractivity contribution >= 4 is 31.7 Å². The zero-order chi connectivity index (χ0) is 16.0. The molecular formula is C19H15NO2S. The maximum atomic E-state index is 13.0. The van der Waals surface area contributed by atoms with Crippen molar-refractivity contribution in [1.82, 2.24) is 3.97 Å². The van der Waals surface area contributed by atoms with E-state index in [-0.39, 0.29) is 0 Å². The van der Waals surface area contributed by atoms with Gasteiger partial charge in [0.1, 0.15) is 0 Å². The summed E-state index contributed by atoms with van der Waals surface area (Å²) in [6.07, 6.45) is 1.63. The Balaban J connectivity index is 2.05. The van der Waals surface area contributed by atoms with E-state index in [4.69, 9.17) is 0 Å². The highest BCUT2D eigenvalue weighted by Gasteiger charge is 2.19. The van der Waals surface area contributed by atoms with E-state index in [9.17, 15) is 8.42 Å². The molecule has 0 amide bonds. The van der Waals surface area contributed by atoms with Gasteiger partial charge in [0.05, 0.1) is 10.4 Å². The summed E-state index contributed by atoms with van der Waals surface area (Å²) in [5.41, 5.74) is 1.76. The van der Waals surface area contributed by atoms with Gasteiger partial charge in [-0.1, -0.05) is 54.1 Å². The van der Waals surface area contributed by atoms with Crippen LogP contribution in [0.3, 0.4) is 0 Å². The topological polar surface area (TPSA) is 39.1 Å². The molecular weight excluding hydrogens is 306 g/mol. The quantitative estimate of drug-likeness (QED) is 0.551. The van der Waals surface area contributed by atoms with Crippen LogP contribution in [0.4, 0.5) is 0 Å². The number of nitrogens with zero attached hydrogens (tertiary/aromatic N) is 1. The summed E-state index contributed by atoms with van der Waals surface area (Å²) in [5.74, 6) is 0. The highest BCUT2D eigenvalue weighted by molar-refractivity contribution is 7.90. The first-order valence-corrected chi connectivity index (χ1v) is 8.82. The van der Waals surface area contributed by atoms with Crippen molar-refractivity contribution in [3.05, 3.63) is 78.5 Å². The number of benzene rings is 3. The van der Waals surface area contributed by atoms with E-state index in [1.807, 2.05) is 61.5 Å². The molecule has 0 fully saturated rings. The van der Waals surface area contributed by atoms with Crippen molar-refractivity contribution in [1.29, 1.82) is 0 Å². The predicted octanol–water partition coefficient (Wildman–Crippen LogP) is 4.34. The molecule has 3 aromatic carbocycles. The van der Waals surface area contributed by atoms with Crippen LogP contribution in [0, 0.1) is 6.92 Å². The lowest BCUT2D eigenvalue weighted by molar-refractivity contribution is 0.589. The molecule has 0 unspecified atom stereocenters. The van der Waals surface area contributed by atoms with Crippen molar-refractivity contribution in [2.24, 2.45) is 0 Å². The molecule has 0 spiro atoms. The van der Waals surface area contributed by atoms with Crippen LogP contribution in [0.5, 0.6) is 0 Å². The van der Waals surface area contributed by atoms with E-state index in [1.165, 1.54) is 3.97 Å². The molecule has 0 atom stereocenters. The summed E-state index contributed by atoms with van der Waals surface area (Å²) in [7, 11) is -3.61. The number of fused-ring (bicyclic) bond motifs is 3. The van der Waals surface area contributed by atoms with Crippen LogP contribution in [0.1, 0.15) is 5.56 Å². The van der Waals surface area contributed by atoms with Crippen LogP contribution in [0.25, 0.3) is 21.7 Å². The summed E-state index contributed by atoms with van der Waals surface area (Å²) in [6, 6.07) is 20.6. The summed E-state index contributed by atoms with van der Waals surface area (Å²) < 4.78 is 27.4. The van der Waals surface area contributed by atoms with Gasteiger partial charge in [-0.15, -0.1) is 0 Å². The number of aryl methyl sites for hydroxylation is 1. The SMILES string of the molecule is Cc1ccc(S(=O)(=O)n2ccc3ccc4ccccc4c32)cc1. The molecule has 0 radical (unpaired) electrons. The van der Waals surface area contributed by atoms with Crippen molar-refractivity contribution in [2.45, 2.75) is 11.8 Å². The second-order valence-electron chi connectivity index (χ2n) is 5.65. The first-order chi connectivity index (χ1) is 11.1. The Bertz CT molecular complexity index is 1120. The molecule has 1 aromatic heterocycles. The van der Waals surface area contributed by atoms with Gasteiger partial charge >= 0.3 is 0 Å². The molecule has 4 rings (SSSR count). The van der Waals surface area contributed by atoms with Gasteiger partial charge in [-0.25, -0.2) is 12.4 Å². The molecule has 0 aliphatic heterocycles. The molecule has 0 saturated carbocycles. The summed E-state index contributed by atoms with van der Waals surface area (Å²) in [6.45, 7) is 1.94. The van der Waals surface area contributed by atoms with E-state index in [0.717, 1.165) is 27.2 Å². The van der Waals surface area contributed by atoms with Crippen molar-refractivity contribution in [3.8, 4) is 0 Å². The Kier molecular flexibility index (Phi) is 3.03. The fourth-order valence-corrected chi connectivity index (χ4v) is 4.27. The molecule has 23 heavy (non-hydrogen) atoms. The molecule has 114 valence electrons. The number of hydrogen-bond donors (Lipinski definition) is 0. The minimum absolute atomic E-state index is 0.300. The van der Waals surface area contributed by atoms with Crippen LogP contribution in [0.2, 0.25) is 0 Å². The molecule has 0 N–H and O–H groups in total. The van der Waals surface area contributed by atoms with Gasteiger partial charge in [-0.05, 0) is 30.5 Å². The molecule has 0 aliphatic carbocycles. The van der Waals surface area contributed by atoms with Crippen LogP contribution >= 0.6 is 0 Å². The first-order valence-electron chi connectivity index (χ1n) is 7.38. The number of rotatable bonds is 2. The summed E-state index contributed by atoms with van der Waals surface area (Å²) in [5, 5.41) is 2.88. The van der Waals surface area contributed by atoms with Crippen molar-refractivity contribution < 1.29 is 8.42 Å². The van der Waals surface area contributed by atoms with Gasteiger partial charge in [0.15, 0.2) is 0 Å². The summed E-state index contributed by atoms with van der Waals surface area (Å²) in [4.78, 5) is 0.300. The van der Waals surface area contributed by atoms with Crippen LogP contribution < -0.4 is 0 Å². The lowest BCUT2D eigenvalue weighted by atomic mass is 10.1. The minimum Gasteiger partial charge on any atom is -0.241 e. The number of hydrogen-bond acceptors (Lipinski definition) is 2. The second kappa shape index (κ2) is 4.96. The Morgan fingerprint density at radius 2 is 1.48 bits per heavy atom. The normalized spacial score (nSPS) is 12.0. The Hall–Kier alpha value is -2.59. The minimum atomic E-state index is -3.61. The van der Waals surface area contributed by atoms with Crippen LogP contribution in [-0.4, -0.2) is 12.4 Å². The fraction of sp³-hybridized carbons (Fsp3) is 0.0526. The van der Waals surface area contributed by atoms with E-state index in [0.29, 0.717) is 4.90 Å². The highest BCUT2D eigenvalue weighted by Crippen LogP contribution is 2.29. The average molecular weight is 321 g/mol. The third-order valence-electron chi connectivity index (χ3n) is 4.12. The standard InChI is InChI=1S/C19H15NO2S/c1-14-6-10-17(11-7-14)23(21,22)20-13-12-16-9-8-15-4-2-3-5-18(15)19(16)20/h2-13H,1H3. The van der Waals surface area contributed by atoms with E-state index in [1.54, 1.807) is 18.3 Å². The smallest absolute Gasteiger partial charge is 0.241 e. The first kappa shape index (κ1) is 14.0. The third-order valence-corrected chi connectivity index (χ3v) is 5.81. The lowest BCUT2D eigenvalue weighted by Gasteiger charge is -2.10. The molecule has 1 heterocycles. The lowest BCUT2D eigenvalue weighted by Crippen LogP contribution is -2.11. The molecule has 4 aromatic rings. The van der Waals surface area contributed by atoms with Gasteiger partial charge in [0.2, 0.25) is 0 Å². The zero-order valence-corrected chi connectivity index (χ0v) is 13.4. The van der Waals surface area contributed by atoms with Crippen LogP contribution in [0.15, 0.2) is 77.8 Å². The van der Waals surface area contributed by atoms with Crippen molar-refractivity contribution in [2.75, 3.05) is 0 Å². The van der Waals surface area contributed by atoms with E-state index < -0.39 is 10.0 Å². The molecule has 0 bridgehead atoms. The molecule has 0 saturated heterocycles. The van der Waals surface area contributed by atoms with Gasteiger partial charge in [-0.2, -0.15) is 0 Å². The highest BCUT2D eigenvalue weighted by atomic mass is 32.2. The van der Waals surface area contributed by atoms with Gasteiger partial charge in [-0.3, -0.25) is 0 Å². The van der Waals surface area contributed by atoms with Gasteiger partial charge in [0, 0.05) is 17.0 Å². The summed E-state index contributed by atoms with van der Waals surface area (Å²) >= 11 is 0. The maximum absolute atomic E-state index is 13.0. The number of aromatic nitrogens is 1. The maximum Gasteiger partial charge on any atom is 0.268 e. The van der Waals surface area contributed by atoms with E-state index in [2.05, 4.69) is 0 Å². The Morgan fingerprint density at radius 3 is 2.26 bits per heavy atom. The Morgan fingerprint density at radius 1 is 0.783 bits per heavy atom. The monoisotopic (exact) mass is 321 g/mol. The predicted molar refractivity (Wildman–Crippen MR) is 93.2 cm³/mol. The van der Waals surface area contributed by atoms with Crippen LogP contribution in [-0.2, 0) is 10.0 Å². The Labute approximate surface area is 134 Å². The third kappa shape index (κ3) is 2.14.